The summed E-state index contributed by atoms with van der Waals surface area (Å²) in [7, 11) is 0. The fourth-order valence-electron chi connectivity index (χ4n) is 0.937. The van der Waals surface area contributed by atoms with Crippen LogP contribution < -0.4 is 5.32 Å². The third-order valence-corrected chi connectivity index (χ3v) is 1.71. The Kier molecular flexibility index (Phi) is 3.91. The lowest BCUT2D eigenvalue weighted by molar-refractivity contribution is 0.270. The molecule has 15 heavy (non-hydrogen) atoms. The van der Waals surface area contributed by atoms with E-state index in [-0.39, 0.29) is 5.57 Å². The number of nitrogens with one attached hydrogen (secondary N) is 1. The van der Waals surface area contributed by atoms with Crippen LogP contribution in [-0.4, -0.2) is 11.2 Å². The van der Waals surface area contributed by atoms with E-state index in [2.05, 4.69) is 5.32 Å². The number of benzene rings is 1. The van der Waals surface area contributed by atoms with Gasteiger partial charge in [0, 0.05) is 11.9 Å². The van der Waals surface area contributed by atoms with E-state index in [0.717, 1.165) is 5.69 Å². The molecule has 0 bridgehead atoms. The van der Waals surface area contributed by atoms with E-state index in [1.807, 2.05) is 30.3 Å². The second-order valence-corrected chi connectivity index (χ2v) is 2.75. The molecular formula is C11H9N3O. The molecule has 0 heterocycles. The maximum Gasteiger partial charge on any atom is 0.177 e. The highest BCUT2D eigenvalue weighted by Gasteiger charge is 2.07. The molecule has 0 spiro atoms. The molecular weight excluding hydrogens is 190 g/mol. The predicted octanol–water partition coefficient (Wildman–Crippen LogP) is 1.39. The minimum atomic E-state index is -1.38. The molecule has 4 heteroatoms. The summed E-state index contributed by atoms with van der Waals surface area (Å²) in [5, 5.41) is 29.0. The van der Waals surface area contributed by atoms with Gasteiger partial charge in [0.1, 0.15) is 6.07 Å². The number of rotatable bonds is 3. The molecule has 0 aliphatic heterocycles. The van der Waals surface area contributed by atoms with Gasteiger partial charge in [-0.2, -0.15) is 10.5 Å². The van der Waals surface area contributed by atoms with Crippen molar-refractivity contribution in [2.24, 2.45) is 0 Å². The van der Waals surface area contributed by atoms with Gasteiger partial charge in [0.2, 0.25) is 0 Å². The molecule has 0 radical (unpaired) electrons. The molecule has 1 rings (SSSR count). The molecule has 74 valence electrons. The van der Waals surface area contributed by atoms with E-state index in [4.69, 9.17) is 15.6 Å². The fraction of sp³-hybridized carbons (Fsp3) is 0.0909. The summed E-state index contributed by atoms with van der Waals surface area (Å²) in [4.78, 5) is 0. The monoisotopic (exact) mass is 199 g/mol. The summed E-state index contributed by atoms with van der Waals surface area (Å²) >= 11 is 0. The summed E-state index contributed by atoms with van der Waals surface area (Å²) in [6, 6.07) is 12.5. The first-order valence-corrected chi connectivity index (χ1v) is 4.27. The zero-order valence-electron chi connectivity index (χ0n) is 7.88. The van der Waals surface area contributed by atoms with Crippen molar-refractivity contribution in [3.05, 3.63) is 42.1 Å². The topological polar surface area (TPSA) is 79.8 Å². The fourth-order valence-corrected chi connectivity index (χ4v) is 0.937. The van der Waals surface area contributed by atoms with Crippen LogP contribution in [0.1, 0.15) is 0 Å². The van der Waals surface area contributed by atoms with Crippen molar-refractivity contribution in [3.63, 3.8) is 0 Å². The molecule has 0 aliphatic carbocycles. The molecule has 1 aromatic rings. The van der Waals surface area contributed by atoms with Crippen molar-refractivity contribution >= 4 is 5.69 Å². The Hall–Kier alpha value is -2.30. The van der Waals surface area contributed by atoms with E-state index in [9.17, 15) is 0 Å². The van der Waals surface area contributed by atoms with Crippen molar-refractivity contribution in [1.29, 1.82) is 10.5 Å². The predicted molar refractivity (Wildman–Crippen MR) is 55.4 cm³/mol. The second kappa shape index (κ2) is 5.43. The van der Waals surface area contributed by atoms with Crippen LogP contribution in [0.3, 0.4) is 0 Å². The largest absolute Gasteiger partial charge is 0.373 e. The van der Waals surface area contributed by atoms with Crippen LogP contribution in [0.5, 0.6) is 0 Å². The molecule has 0 aliphatic rings. The Morgan fingerprint density at radius 3 is 2.53 bits per heavy atom. The van der Waals surface area contributed by atoms with Crippen molar-refractivity contribution < 1.29 is 5.11 Å². The van der Waals surface area contributed by atoms with Gasteiger partial charge in [0.25, 0.3) is 0 Å². The second-order valence-electron chi connectivity index (χ2n) is 2.75. The van der Waals surface area contributed by atoms with Crippen molar-refractivity contribution in [2.75, 3.05) is 5.32 Å². The quantitative estimate of drug-likeness (QED) is 0.569. The summed E-state index contributed by atoms with van der Waals surface area (Å²) in [5.41, 5.74) is 0.775. The Bertz CT molecular complexity index is 425. The molecule has 0 saturated carbocycles. The zero-order chi connectivity index (χ0) is 11.1. The first-order chi connectivity index (χ1) is 7.27. The van der Waals surface area contributed by atoms with Gasteiger partial charge in [-0.15, -0.1) is 0 Å². The van der Waals surface area contributed by atoms with E-state index < -0.39 is 6.10 Å². The SMILES string of the molecule is N#C/C(=C\Nc1ccccc1)C(O)C#N. The van der Waals surface area contributed by atoms with Crippen LogP contribution in [0, 0.1) is 22.7 Å². The minimum Gasteiger partial charge on any atom is -0.373 e. The highest BCUT2D eigenvalue weighted by molar-refractivity contribution is 5.47. The third-order valence-electron chi connectivity index (χ3n) is 1.71. The average Bonchev–Trinajstić information content (AvgIpc) is 2.31. The lowest BCUT2D eigenvalue weighted by Crippen LogP contribution is -2.07. The van der Waals surface area contributed by atoms with Crippen LogP contribution in [0.4, 0.5) is 5.69 Å². The van der Waals surface area contributed by atoms with Crippen LogP contribution in [0.15, 0.2) is 42.1 Å². The first-order valence-electron chi connectivity index (χ1n) is 4.27. The lowest BCUT2D eigenvalue weighted by atomic mass is 10.2. The third kappa shape index (κ3) is 3.15. The number of anilines is 1. The standard InChI is InChI=1S/C11H9N3O/c12-6-9(11(15)7-13)8-14-10-4-2-1-3-5-10/h1-5,8,11,14-15H/b9-8+. The molecule has 0 amide bonds. The number of aliphatic hydroxyl groups is 1. The van der Waals surface area contributed by atoms with Crippen molar-refractivity contribution in [2.45, 2.75) is 6.10 Å². The first kappa shape index (κ1) is 10.8. The maximum absolute atomic E-state index is 9.10. The van der Waals surface area contributed by atoms with Gasteiger partial charge < -0.3 is 10.4 Å². The lowest BCUT2D eigenvalue weighted by Gasteiger charge is -2.02. The Morgan fingerprint density at radius 2 is 2.00 bits per heavy atom. The van der Waals surface area contributed by atoms with Gasteiger partial charge >= 0.3 is 0 Å². The summed E-state index contributed by atoms with van der Waals surface area (Å²) in [5.74, 6) is 0. The molecule has 0 fully saturated rings. The van der Waals surface area contributed by atoms with Gasteiger partial charge in [-0.25, -0.2) is 0 Å². The van der Waals surface area contributed by atoms with E-state index in [0.29, 0.717) is 0 Å². The van der Waals surface area contributed by atoms with Gasteiger partial charge in [0.15, 0.2) is 6.10 Å². The van der Waals surface area contributed by atoms with E-state index in [1.165, 1.54) is 6.20 Å². The summed E-state index contributed by atoms with van der Waals surface area (Å²) < 4.78 is 0. The normalized spacial score (nSPS) is 12.3. The van der Waals surface area contributed by atoms with Gasteiger partial charge in [0.05, 0.1) is 11.6 Å². The van der Waals surface area contributed by atoms with Crippen LogP contribution in [0.2, 0.25) is 0 Å². The van der Waals surface area contributed by atoms with Gasteiger partial charge in [-0.1, -0.05) is 18.2 Å². The number of nitriles is 2. The van der Waals surface area contributed by atoms with Crippen molar-refractivity contribution in [1.82, 2.24) is 0 Å². The zero-order valence-corrected chi connectivity index (χ0v) is 7.88. The minimum absolute atomic E-state index is 0.0126. The molecule has 2 N–H and O–H groups in total. The highest BCUT2D eigenvalue weighted by Crippen LogP contribution is 2.07. The number of aliphatic hydroxyl groups excluding tert-OH is 1. The number of hydrogen-bond donors (Lipinski definition) is 2. The molecule has 4 nitrogen and oxygen atoms in total. The molecule has 1 unspecified atom stereocenters. The maximum atomic E-state index is 9.10. The summed E-state index contributed by atoms with van der Waals surface area (Å²) in [6.07, 6.45) is -0.0605. The number of nitrogens with zero attached hydrogens (tertiary/aromatic N) is 2. The van der Waals surface area contributed by atoms with Crippen LogP contribution in [0.25, 0.3) is 0 Å². The Labute approximate surface area is 87.7 Å². The number of para-hydroxylation sites is 1. The smallest absolute Gasteiger partial charge is 0.177 e. The molecule has 1 atom stereocenters. The molecule has 0 saturated heterocycles. The van der Waals surface area contributed by atoms with Gasteiger partial charge in [-0.3, -0.25) is 0 Å². The highest BCUT2D eigenvalue weighted by atomic mass is 16.3. The summed E-state index contributed by atoms with van der Waals surface area (Å²) in [6.45, 7) is 0. The number of hydrogen-bond acceptors (Lipinski definition) is 4. The Morgan fingerprint density at radius 1 is 1.33 bits per heavy atom. The van der Waals surface area contributed by atoms with Crippen LogP contribution >= 0.6 is 0 Å². The molecule has 0 aromatic heterocycles. The van der Waals surface area contributed by atoms with E-state index >= 15 is 0 Å². The van der Waals surface area contributed by atoms with Crippen molar-refractivity contribution in [3.8, 4) is 12.1 Å². The average molecular weight is 199 g/mol. The molecule has 1 aromatic carbocycles. The van der Waals surface area contributed by atoms with E-state index in [1.54, 1.807) is 12.1 Å². The Balaban J connectivity index is 2.73. The van der Waals surface area contributed by atoms with Crippen LogP contribution in [-0.2, 0) is 0 Å². The van der Waals surface area contributed by atoms with Gasteiger partial charge in [-0.05, 0) is 12.1 Å².